The topological polar surface area (TPSA) is 114 Å². The van der Waals surface area contributed by atoms with Gasteiger partial charge in [-0.15, -0.1) is 0 Å². The highest BCUT2D eigenvalue weighted by Gasteiger charge is 2.80. The largest absolute Gasteiger partial charge is 0.447 e. The maximum Gasteiger partial charge on any atom is 0.217 e. The molecular formula is C20H18N4O2. The highest BCUT2D eigenvalue weighted by molar-refractivity contribution is 5.89. The van der Waals surface area contributed by atoms with Crippen LogP contribution in [0.15, 0.2) is 30.3 Å². The maximum atomic E-state index is 10.2. The predicted molar refractivity (Wildman–Crippen MR) is 90.1 cm³/mol. The van der Waals surface area contributed by atoms with Crippen molar-refractivity contribution in [3.05, 3.63) is 35.9 Å². The van der Waals surface area contributed by atoms with Crippen molar-refractivity contribution in [2.45, 2.75) is 44.0 Å². The monoisotopic (exact) mass is 346 g/mol. The van der Waals surface area contributed by atoms with Crippen LogP contribution in [0.3, 0.4) is 0 Å². The summed E-state index contributed by atoms with van der Waals surface area (Å²) in [5.74, 6) is -1.90. The molecule has 130 valence electrons. The van der Waals surface area contributed by atoms with Gasteiger partial charge in [-0.2, -0.15) is 15.8 Å². The van der Waals surface area contributed by atoms with Gasteiger partial charge in [0.15, 0.2) is 5.41 Å². The van der Waals surface area contributed by atoms with Gasteiger partial charge in [-0.05, 0) is 18.4 Å². The van der Waals surface area contributed by atoms with Crippen LogP contribution in [-0.4, -0.2) is 11.7 Å². The van der Waals surface area contributed by atoms with Crippen LogP contribution >= 0.6 is 0 Å². The van der Waals surface area contributed by atoms with Gasteiger partial charge in [-0.1, -0.05) is 43.2 Å². The quantitative estimate of drug-likeness (QED) is 0.834. The van der Waals surface area contributed by atoms with Crippen LogP contribution in [0.5, 0.6) is 0 Å². The summed E-state index contributed by atoms with van der Waals surface area (Å²) in [6.45, 7) is 0. The Morgan fingerprint density at radius 1 is 1.00 bits per heavy atom. The smallest absolute Gasteiger partial charge is 0.217 e. The SMILES string of the molecule is N#CC1(C#N)[C@H](c2ccccc2)O[C@@]23CCCCC[C@@H]2[C@@]1(C#N)C(=N)O3. The molecule has 1 saturated carbocycles. The van der Waals surface area contributed by atoms with E-state index in [2.05, 4.69) is 18.2 Å². The van der Waals surface area contributed by atoms with E-state index in [-0.39, 0.29) is 5.90 Å². The molecule has 4 rings (SSSR count). The minimum absolute atomic E-state index is 0.298. The first-order chi connectivity index (χ1) is 12.6. The number of nitrogens with zero attached hydrogens (tertiary/aromatic N) is 3. The average molecular weight is 346 g/mol. The van der Waals surface area contributed by atoms with Crippen molar-refractivity contribution in [2.24, 2.45) is 16.7 Å². The number of rotatable bonds is 1. The Bertz CT molecular complexity index is 864. The van der Waals surface area contributed by atoms with Crippen LogP contribution in [0, 0.1) is 56.2 Å². The Kier molecular flexibility index (Phi) is 3.55. The van der Waals surface area contributed by atoms with E-state index in [0.29, 0.717) is 18.4 Å². The Balaban J connectivity index is 2.01. The molecule has 0 amide bonds. The average Bonchev–Trinajstić information content (AvgIpc) is 2.81. The van der Waals surface area contributed by atoms with Crippen molar-refractivity contribution in [1.29, 1.82) is 21.2 Å². The first-order valence-electron chi connectivity index (χ1n) is 8.85. The molecular weight excluding hydrogens is 328 g/mol. The van der Waals surface area contributed by atoms with Crippen LogP contribution in [-0.2, 0) is 9.47 Å². The Morgan fingerprint density at radius 3 is 2.38 bits per heavy atom. The molecule has 1 aliphatic carbocycles. The van der Waals surface area contributed by atoms with Crippen molar-refractivity contribution in [3.8, 4) is 18.2 Å². The molecule has 2 bridgehead atoms. The summed E-state index contributed by atoms with van der Waals surface area (Å²) in [5, 5.41) is 38.9. The van der Waals surface area contributed by atoms with E-state index in [1.807, 2.05) is 18.2 Å². The summed E-state index contributed by atoms with van der Waals surface area (Å²) < 4.78 is 12.3. The second-order valence-electron chi connectivity index (χ2n) is 7.25. The van der Waals surface area contributed by atoms with Crippen molar-refractivity contribution < 1.29 is 9.47 Å². The number of benzene rings is 1. The minimum atomic E-state index is -1.84. The fraction of sp³-hybridized carbons (Fsp3) is 0.500. The van der Waals surface area contributed by atoms with Crippen molar-refractivity contribution >= 4 is 5.90 Å². The first-order valence-corrected chi connectivity index (χ1v) is 8.85. The fourth-order valence-electron chi connectivity index (χ4n) is 4.97. The molecule has 3 fully saturated rings. The molecule has 1 N–H and O–H groups in total. The Labute approximate surface area is 152 Å². The van der Waals surface area contributed by atoms with Gasteiger partial charge in [0, 0.05) is 6.42 Å². The van der Waals surface area contributed by atoms with E-state index in [0.717, 1.165) is 19.3 Å². The van der Waals surface area contributed by atoms with Crippen molar-refractivity contribution in [2.75, 3.05) is 0 Å². The second kappa shape index (κ2) is 5.56. The zero-order valence-electron chi connectivity index (χ0n) is 14.2. The zero-order chi connectivity index (χ0) is 18.4. The molecule has 2 heterocycles. The number of hydrogen-bond donors (Lipinski definition) is 1. The highest BCUT2D eigenvalue weighted by Crippen LogP contribution is 2.68. The van der Waals surface area contributed by atoms with Gasteiger partial charge >= 0.3 is 0 Å². The van der Waals surface area contributed by atoms with Gasteiger partial charge in [0.1, 0.15) is 6.10 Å². The predicted octanol–water partition coefficient (Wildman–Crippen LogP) is 3.59. The molecule has 1 aromatic carbocycles. The number of hydrogen-bond acceptors (Lipinski definition) is 6. The number of nitrogens with one attached hydrogen (secondary N) is 1. The molecule has 3 aliphatic rings. The Morgan fingerprint density at radius 2 is 1.73 bits per heavy atom. The van der Waals surface area contributed by atoms with Gasteiger partial charge in [-0.25, -0.2) is 0 Å². The van der Waals surface area contributed by atoms with Crippen LogP contribution in [0.2, 0.25) is 0 Å². The molecule has 0 aromatic heterocycles. The van der Waals surface area contributed by atoms with Crippen LogP contribution in [0.1, 0.15) is 43.8 Å². The highest BCUT2D eigenvalue weighted by atomic mass is 16.7. The van der Waals surface area contributed by atoms with E-state index >= 15 is 0 Å². The lowest BCUT2D eigenvalue weighted by molar-refractivity contribution is -0.284. The molecule has 26 heavy (non-hydrogen) atoms. The van der Waals surface area contributed by atoms with E-state index < -0.39 is 28.6 Å². The van der Waals surface area contributed by atoms with Crippen molar-refractivity contribution in [1.82, 2.24) is 0 Å². The van der Waals surface area contributed by atoms with Gasteiger partial charge in [-0.3, -0.25) is 5.41 Å². The molecule has 0 unspecified atom stereocenters. The van der Waals surface area contributed by atoms with Gasteiger partial charge in [0.05, 0.1) is 24.1 Å². The summed E-state index contributed by atoms with van der Waals surface area (Å²) >= 11 is 0. The summed E-state index contributed by atoms with van der Waals surface area (Å²) in [4.78, 5) is 0. The zero-order valence-corrected chi connectivity index (χ0v) is 14.2. The molecule has 6 nitrogen and oxygen atoms in total. The summed E-state index contributed by atoms with van der Waals surface area (Å²) in [6.07, 6.45) is 2.90. The third kappa shape index (κ3) is 1.74. The number of nitriles is 3. The van der Waals surface area contributed by atoms with Crippen LogP contribution < -0.4 is 0 Å². The molecule has 6 heteroatoms. The Hall–Kier alpha value is -2.88. The molecule has 2 saturated heterocycles. The summed E-state index contributed by atoms with van der Waals surface area (Å²) in [5.41, 5.74) is -2.81. The molecule has 0 radical (unpaired) electrons. The lowest BCUT2D eigenvalue weighted by atomic mass is 9.52. The fourth-order valence-corrected chi connectivity index (χ4v) is 4.97. The molecule has 0 spiro atoms. The molecule has 1 aromatic rings. The van der Waals surface area contributed by atoms with Crippen LogP contribution in [0.4, 0.5) is 0 Å². The lowest BCUT2D eigenvalue weighted by Gasteiger charge is -2.49. The standard InChI is InChI=1S/C20H18N4O2/c21-11-18(12-22)16(14-7-3-1-4-8-14)25-20-10-6-2-5-9-15(20)19(18,13-23)17(24)26-20/h1,3-4,7-8,15-16,24H,2,5-6,9-10H2/t15-,16+,19+,20-/m1/s1. The van der Waals surface area contributed by atoms with E-state index in [1.54, 1.807) is 12.1 Å². The third-order valence-corrected chi connectivity index (χ3v) is 6.17. The van der Waals surface area contributed by atoms with Gasteiger partial charge in [0.25, 0.3) is 0 Å². The van der Waals surface area contributed by atoms with Gasteiger partial charge in [0.2, 0.25) is 17.1 Å². The summed E-state index contributed by atoms with van der Waals surface area (Å²) in [6, 6.07) is 15.4. The van der Waals surface area contributed by atoms with E-state index in [1.165, 1.54) is 0 Å². The van der Waals surface area contributed by atoms with E-state index in [9.17, 15) is 15.8 Å². The first kappa shape index (κ1) is 16.6. The van der Waals surface area contributed by atoms with Crippen molar-refractivity contribution in [3.63, 3.8) is 0 Å². The lowest BCUT2D eigenvalue weighted by Crippen LogP contribution is -2.59. The van der Waals surface area contributed by atoms with E-state index in [4.69, 9.17) is 14.9 Å². The van der Waals surface area contributed by atoms with Gasteiger partial charge < -0.3 is 9.47 Å². The number of ether oxygens (including phenoxy) is 2. The third-order valence-electron chi connectivity index (χ3n) is 6.17. The molecule has 4 atom stereocenters. The normalized spacial score (nSPS) is 37.2. The second-order valence-corrected chi connectivity index (χ2v) is 7.25. The summed E-state index contributed by atoms with van der Waals surface area (Å²) in [7, 11) is 0. The molecule has 2 aliphatic heterocycles. The van der Waals surface area contributed by atoms with Crippen LogP contribution in [0.25, 0.3) is 0 Å². The maximum absolute atomic E-state index is 10.2. The minimum Gasteiger partial charge on any atom is -0.447 e.